The highest BCUT2D eigenvalue weighted by Gasteiger charge is 2.34. The topological polar surface area (TPSA) is 81.5 Å². The van der Waals surface area contributed by atoms with Crippen molar-refractivity contribution in [2.75, 3.05) is 0 Å². The summed E-state index contributed by atoms with van der Waals surface area (Å²) in [6.45, 7) is 1.22. The number of hydrogen-bond donors (Lipinski definition) is 1. The van der Waals surface area contributed by atoms with Gasteiger partial charge in [0.15, 0.2) is 5.65 Å². The summed E-state index contributed by atoms with van der Waals surface area (Å²) in [5.41, 5.74) is 5.00. The summed E-state index contributed by atoms with van der Waals surface area (Å²) in [6.07, 6.45) is 8.67. The molecule has 1 saturated carbocycles. The zero-order valence-corrected chi connectivity index (χ0v) is 15.7. The van der Waals surface area contributed by atoms with E-state index >= 15 is 0 Å². The van der Waals surface area contributed by atoms with Crippen molar-refractivity contribution in [3.63, 3.8) is 0 Å². The second-order valence-corrected chi connectivity index (χ2v) is 7.75. The fourth-order valence-corrected chi connectivity index (χ4v) is 4.35. The van der Waals surface area contributed by atoms with E-state index in [2.05, 4.69) is 24.8 Å². The maximum atomic E-state index is 13.5. The minimum atomic E-state index is -0.367. The van der Waals surface area contributed by atoms with Crippen LogP contribution in [0.25, 0.3) is 33.5 Å². The molecule has 1 aliphatic carbocycles. The van der Waals surface area contributed by atoms with Gasteiger partial charge in [-0.2, -0.15) is 10.2 Å². The number of rotatable bonds is 3. The summed E-state index contributed by atoms with van der Waals surface area (Å²) < 4.78 is 21.8. The normalized spacial score (nSPS) is 19.3. The van der Waals surface area contributed by atoms with Gasteiger partial charge in [-0.25, -0.2) is 9.37 Å². The molecule has 6 rings (SSSR count). The predicted octanol–water partition coefficient (Wildman–Crippen LogP) is 3.72. The summed E-state index contributed by atoms with van der Waals surface area (Å²) in [7, 11) is 0. The van der Waals surface area contributed by atoms with E-state index < -0.39 is 0 Å². The number of nitrogens with one attached hydrogen (secondary N) is 1. The van der Waals surface area contributed by atoms with Crippen LogP contribution in [-0.4, -0.2) is 36.0 Å². The van der Waals surface area contributed by atoms with E-state index in [0.29, 0.717) is 23.9 Å². The first-order chi connectivity index (χ1) is 14.3. The first-order valence-corrected chi connectivity index (χ1v) is 9.89. The van der Waals surface area contributed by atoms with E-state index in [1.165, 1.54) is 31.5 Å². The molecule has 5 heterocycles. The summed E-state index contributed by atoms with van der Waals surface area (Å²) in [5, 5.41) is 12.9. The number of nitrogens with zero attached hydrogens (tertiary/aromatic N) is 5. The summed E-state index contributed by atoms with van der Waals surface area (Å²) in [4.78, 5) is 8.65. The zero-order chi connectivity index (χ0) is 19.4. The number of aromatic amines is 1. The third kappa shape index (κ3) is 2.66. The van der Waals surface area contributed by atoms with Crippen LogP contribution < -0.4 is 0 Å². The molecule has 2 aliphatic rings. The van der Waals surface area contributed by atoms with Crippen molar-refractivity contribution in [2.24, 2.45) is 5.92 Å². The Morgan fingerprint density at radius 3 is 2.86 bits per heavy atom. The Balaban J connectivity index is 1.54. The molecule has 0 aromatic carbocycles. The minimum Gasteiger partial charge on any atom is -0.370 e. The maximum Gasteiger partial charge on any atom is 0.155 e. The molecule has 0 spiro atoms. The molecule has 0 radical (unpaired) electrons. The van der Waals surface area contributed by atoms with Crippen molar-refractivity contribution < 1.29 is 9.13 Å². The Morgan fingerprint density at radius 1 is 1.14 bits per heavy atom. The smallest absolute Gasteiger partial charge is 0.155 e. The summed E-state index contributed by atoms with van der Waals surface area (Å²) in [5.74, 6) is 0.249. The highest BCUT2D eigenvalue weighted by molar-refractivity contribution is 5.97. The van der Waals surface area contributed by atoms with Crippen LogP contribution in [0, 0.1) is 11.7 Å². The Kier molecular flexibility index (Phi) is 3.73. The first-order valence-electron chi connectivity index (χ1n) is 9.89. The number of halogens is 1. The van der Waals surface area contributed by atoms with Crippen LogP contribution in [0.15, 0.2) is 36.8 Å². The lowest BCUT2D eigenvalue weighted by atomic mass is 9.80. The van der Waals surface area contributed by atoms with Gasteiger partial charge in [0, 0.05) is 22.7 Å². The number of aromatic nitrogens is 6. The molecule has 4 aromatic rings. The number of pyridine rings is 2. The van der Waals surface area contributed by atoms with Crippen molar-refractivity contribution in [3.05, 3.63) is 48.3 Å². The largest absolute Gasteiger partial charge is 0.370 e. The Hall–Kier alpha value is -3.13. The molecule has 4 aromatic heterocycles. The zero-order valence-electron chi connectivity index (χ0n) is 15.7. The van der Waals surface area contributed by atoms with Crippen molar-refractivity contribution in [3.8, 4) is 22.5 Å². The van der Waals surface area contributed by atoms with Gasteiger partial charge in [-0.15, -0.1) is 0 Å². The second-order valence-electron chi connectivity index (χ2n) is 7.75. The molecule has 0 amide bonds. The maximum absolute atomic E-state index is 13.5. The van der Waals surface area contributed by atoms with Gasteiger partial charge in [-0.3, -0.25) is 14.8 Å². The molecule has 7 nitrogen and oxygen atoms in total. The average Bonchev–Trinajstić information content (AvgIpc) is 3.31. The van der Waals surface area contributed by atoms with Crippen molar-refractivity contribution >= 4 is 11.0 Å². The standard InChI is InChI=1S/C21H19FN6O/c22-13-4-5-16(24-8-13)20-19(14-6-7-23-21-15(14)9-25-26-21)17-11-29-18(10-28(17)27-20)12-2-1-3-12/h4-9,12,18H,1-3,10-11H2,(H,23,25,26)/t18-/m1/s1. The van der Waals surface area contributed by atoms with E-state index in [4.69, 9.17) is 9.84 Å². The molecule has 1 aliphatic heterocycles. The highest BCUT2D eigenvalue weighted by atomic mass is 19.1. The molecule has 1 atom stereocenters. The molecule has 0 saturated heterocycles. The monoisotopic (exact) mass is 390 g/mol. The molecule has 146 valence electrons. The molecule has 0 unspecified atom stereocenters. The number of hydrogen-bond acceptors (Lipinski definition) is 5. The van der Waals surface area contributed by atoms with Gasteiger partial charge < -0.3 is 4.74 Å². The van der Waals surface area contributed by atoms with Crippen LogP contribution in [0.2, 0.25) is 0 Å². The van der Waals surface area contributed by atoms with Gasteiger partial charge in [0.05, 0.1) is 43.0 Å². The van der Waals surface area contributed by atoms with E-state index in [1.807, 2.05) is 6.07 Å². The van der Waals surface area contributed by atoms with Crippen LogP contribution in [0.5, 0.6) is 0 Å². The fourth-order valence-electron chi connectivity index (χ4n) is 4.35. The number of ether oxygens (including phenoxy) is 1. The third-order valence-corrected chi connectivity index (χ3v) is 6.11. The summed E-state index contributed by atoms with van der Waals surface area (Å²) in [6, 6.07) is 5.05. The fraction of sp³-hybridized carbons (Fsp3) is 0.333. The van der Waals surface area contributed by atoms with Gasteiger partial charge in [-0.1, -0.05) is 6.42 Å². The molecule has 0 bridgehead atoms. The van der Waals surface area contributed by atoms with Crippen LogP contribution in [0.1, 0.15) is 25.0 Å². The van der Waals surface area contributed by atoms with E-state index in [-0.39, 0.29) is 11.9 Å². The first kappa shape index (κ1) is 16.8. The van der Waals surface area contributed by atoms with Gasteiger partial charge in [0.25, 0.3) is 0 Å². The molecule has 1 N–H and O–H groups in total. The quantitative estimate of drug-likeness (QED) is 0.577. The lowest BCUT2D eigenvalue weighted by Gasteiger charge is -2.36. The lowest BCUT2D eigenvalue weighted by Crippen LogP contribution is -2.37. The lowest BCUT2D eigenvalue weighted by molar-refractivity contribution is -0.0553. The summed E-state index contributed by atoms with van der Waals surface area (Å²) >= 11 is 0. The molecular weight excluding hydrogens is 371 g/mol. The average molecular weight is 390 g/mol. The number of fused-ring (bicyclic) bond motifs is 2. The minimum absolute atomic E-state index is 0.199. The highest BCUT2D eigenvalue weighted by Crippen LogP contribution is 2.41. The Morgan fingerprint density at radius 2 is 2.07 bits per heavy atom. The molecule has 1 fully saturated rings. The Bertz CT molecular complexity index is 1190. The van der Waals surface area contributed by atoms with Gasteiger partial charge in [0.1, 0.15) is 11.5 Å². The van der Waals surface area contributed by atoms with Crippen molar-refractivity contribution in [1.29, 1.82) is 0 Å². The Labute approximate surface area is 165 Å². The van der Waals surface area contributed by atoms with Crippen LogP contribution >= 0.6 is 0 Å². The van der Waals surface area contributed by atoms with E-state index in [1.54, 1.807) is 18.5 Å². The van der Waals surface area contributed by atoms with Crippen LogP contribution in [0.3, 0.4) is 0 Å². The van der Waals surface area contributed by atoms with E-state index in [0.717, 1.165) is 34.4 Å². The SMILES string of the molecule is Fc1ccc(-c2nn3c(c2-c2ccnc4[nH]ncc24)CO[C@@H](C2CCC2)C3)nc1. The predicted molar refractivity (Wildman–Crippen MR) is 104 cm³/mol. The molecule has 29 heavy (non-hydrogen) atoms. The molecule has 8 heteroatoms. The van der Waals surface area contributed by atoms with Gasteiger partial charge in [-0.05, 0) is 37.0 Å². The number of H-pyrrole nitrogens is 1. The van der Waals surface area contributed by atoms with Crippen LogP contribution in [0.4, 0.5) is 4.39 Å². The second kappa shape index (κ2) is 6.45. The third-order valence-electron chi connectivity index (χ3n) is 6.11. The van der Waals surface area contributed by atoms with E-state index in [9.17, 15) is 4.39 Å². The van der Waals surface area contributed by atoms with Crippen molar-refractivity contribution in [2.45, 2.75) is 38.5 Å². The van der Waals surface area contributed by atoms with Crippen molar-refractivity contribution in [1.82, 2.24) is 29.9 Å². The van der Waals surface area contributed by atoms with Gasteiger partial charge in [0.2, 0.25) is 0 Å². The van der Waals surface area contributed by atoms with Gasteiger partial charge >= 0.3 is 0 Å². The van der Waals surface area contributed by atoms with Crippen LogP contribution in [-0.2, 0) is 17.9 Å². The molecular formula is C21H19FN6O.